The van der Waals surface area contributed by atoms with Crippen LogP contribution in [0.5, 0.6) is 0 Å². The molecule has 0 aliphatic carbocycles. The summed E-state index contributed by atoms with van der Waals surface area (Å²) in [7, 11) is -3.94. The summed E-state index contributed by atoms with van der Waals surface area (Å²) in [4.78, 5) is 1.98. The molecular formula is C19H19F2NO3S. The number of hydrogen-bond donors (Lipinski definition) is 0. The van der Waals surface area contributed by atoms with Crippen LogP contribution in [0.3, 0.4) is 0 Å². The van der Waals surface area contributed by atoms with Crippen molar-refractivity contribution in [2.24, 2.45) is 0 Å². The summed E-state index contributed by atoms with van der Waals surface area (Å²) < 4.78 is 58.8. The summed E-state index contributed by atoms with van der Waals surface area (Å²) in [6.45, 7) is 4.52. The predicted molar refractivity (Wildman–Crippen MR) is 93.9 cm³/mol. The SMILES string of the molecule is Cc1ccc(S(=O)(=O)OC2CN3CCc4c(F)c(F)cc(c43)C2C)cc1. The molecule has 0 fully saturated rings. The minimum Gasteiger partial charge on any atom is -0.368 e. The second kappa shape index (κ2) is 6.03. The zero-order valence-corrected chi connectivity index (χ0v) is 15.3. The lowest BCUT2D eigenvalue weighted by atomic mass is 9.88. The highest BCUT2D eigenvalue weighted by Gasteiger charge is 2.40. The Bertz CT molecular complexity index is 973. The van der Waals surface area contributed by atoms with Crippen LogP contribution in [-0.2, 0) is 20.7 Å². The molecule has 0 radical (unpaired) electrons. The fraction of sp³-hybridized carbons (Fsp3) is 0.368. The Morgan fingerprint density at radius 1 is 1.19 bits per heavy atom. The number of hydrogen-bond acceptors (Lipinski definition) is 4. The summed E-state index contributed by atoms with van der Waals surface area (Å²) in [6.07, 6.45) is -0.250. The van der Waals surface area contributed by atoms with Gasteiger partial charge in [0.2, 0.25) is 0 Å². The Kier molecular flexibility index (Phi) is 4.04. The van der Waals surface area contributed by atoms with E-state index in [1.807, 2.05) is 11.8 Å². The minimum atomic E-state index is -3.94. The normalized spacial score (nSPS) is 21.8. The van der Waals surface area contributed by atoms with Crippen LogP contribution in [0.2, 0.25) is 0 Å². The third-order valence-electron chi connectivity index (χ3n) is 5.27. The molecule has 2 atom stereocenters. The van der Waals surface area contributed by atoms with Gasteiger partial charge in [-0.25, -0.2) is 8.78 Å². The van der Waals surface area contributed by atoms with Gasteiger partial charge in [-0.1, -0.05) is 24.6 Å². The van der Waals surface area contributed by atoms with E-state index in [0.29, 0.717) is 36.3 Å². The van der Waals surface area contributed by atoms with Crippen molar-refractivity contribution in [3.8, 4) is 0 Å². The molecule has 4 rings (SSSR count). The van der Waals surface area contributed by atoms with Crippen LogP contribution in [0.1, 0.15) is 29.5 Å². The third kappa shape index (κ3) is 2.70. The van der Waals surface area contributed by atoms with Gasteiger partial charge >= 0.3 is 0 Å². The van der Waals surface area contributed by atoms with Crippen LogP contribution < -0.4 is 4.90 Å². The van der Waals surface area contributed by atoms with Gasteiger partial charge in [-0.15, -0.1) is 0 Å². The number of nitrogens with zero attached hydrogens (tertiary/aromatic N) is 1. The van der Waals surface area contributed by atoms with Crippen molar-refractivity contribution in [2.75, 3.05) is 18.0 Å². The molecule has 0 saturated heterocycles. The maximum absolute atomic E-state index is 14.0. The van der Waals surface area contributed by atoms with Gasteiger partial charge in [-0.3, -0.25) is 4.18 Å². The van der Waals surface area contributed by atoms with E-state index in [0.717, 1.165) is 5.56 Å². The average molecular weight is 379 g/mol. The summed E-state index contributed by atoms with van der Waals surface area (Å²) in [5.74, 6) is -2.06. The third-order valence-corrected chi connectivity index (χ3v) is 6.62. The number of rotatable bonds is 3. The molecule has 0 aromatic heterocycles. The molecule has 0 amide bonds. The highest BCUT2D eigenvalue weighted by Crippen LogP contribution is 2.44. The Morgan fingerprint density at radius 3 is 2.58 bits per heavy atom. The van der Waals surface area contributed by atoms with E-state index < -0.39 is 27.9 Å². The number of aryl methyl sites for hydroxylation is 1. The fourth-order valence-electron chi connectivity index (χ4n) is 3.79. The predicted octanol–water partition coefficient (Wildman–Crippen LogP) is 3.53. The van der Waals surface area contributed by atoms with E-state index in [1.54, 1.807) is 19.1 Å². The first-order valence-corrected chi connectivity index (χ1v) is 9.94. The van der Waals surface area contributed by atoms with Crippen molar-refractivity contribution < 1.29 is 21.4 Å². The Balaban J connectivity index is 1.68. The first-order valence-electron chi connectivity index (χ1n) is 8.53. The number of benzene rings is 2. The van der Waals surface area contributed by atoms with Crippen molar-refractivity contribution in [1.29, 1.82) is 0 Å². The van der Waals surface area contributed by atoms with Crippen molar-refractivity contribution in [3.05, 3.63) is 58.7 Å². The maximum atomic E-state index is 14.0. The monoisotopic (exact) mass is 379 g/mol. The first-order chi connectivity index (χ1) is 12.3. The first kappa shape index (κ1) is 17.4. The lowest BCUT2D eigenvalue weighted by molar-refractivity contribution is 0.183. The van der Waals surface area contributed by atoms with Crippen LogP contribution >= 0.6 is 0 Å². The second-order valence-electron chi connectivity index (χ2n) is 6.98. The van der Waals surface area contributed by atoms with Crippen molar-refractivity contribution in [2.45, 2.75) is 37.2 Å². The average Bonchev–Trinajstić information content (AvgIpc) is 3.01. The van der Waals surface area contributed by atoms with Gasteiger partial charge in [0.1, 0.15) is 6.10 Å². The van der Waals surface area contributed by atoms with Gasteiger partial charge in [0, 0.05) is 30.3 Å². The summed E-state index contributed by atoms with van der Waals surface area (Å²) in [5.41, 5.74) is 2.63. The molecule has 2 heterocycles. The molecule has 0 bridgehead atoms. The zero-order chi connectivity index (χ0) is 18.6. The van der Waals surface area contributed by atoms with Gasteiger partial charge < -0.3 is 4.90 Å². The van der Waals surface area contributed by atoms with Crippen LogP contribution in [0, 0.1) is 18.6 Å². The van der Waals surface area contributed by atoms with E-state index in [-0.39, 0.29) is 10.8 Å². The molecule has 0 N–H and O–H groups in total. The minimum absolute atomic E-state index is 0.0912. The molecule has 7 heteroatoms. The largest absolute Gasteiger partial charge is 0.368 e. The van der Waals surface area contributed by atoms with Gasteiger partial charge in [-0.05, 0) is 37.1 Å². The van der Waals surface area contributed by atoms with Crippen molar-refractivity contribution in [3.63, 3.8) is 0 Å². The van der Waals surface area contributed by atoms with Gasteiger partial charge in [0.05, 0.1) is 4.90 Å². The van der Waals surface area contributed by atoms with E-state index in [1.165, 1.54) is 18.2 Å². The standard InChI is InChI=1S/C19H19F2NO3S/c1-11-3-5-13(6-4-11)26(23,24)25-17-10-22-8-7-14-18(21)16(20)9-15(12(17)2)19(14)22/h3-6,9,12,17H,7-8,10H2,1-2H3. The molecule has 4 nitrogen and oxygen atoms in total. The summed E-state index contributed by atoms with van der Waals surface area (Å²) in [5, 5.41) is 0. The molecule has 2 aromatic rings. The van der Waals surface area contributed by atoms with Gasteiger partial charge in [0.15, 0.2) is 11.6 Å². The lowest BCUT2D eigenvalue weighted by Crippen LogP contribution is -2.41. The maximum Gasteiger partial charge on any atom is 0.297 e. The van der Waals surface area contributed by atoms with Crippen LogP contribution in [0.15, 0.2) is 35.2 Å². The van der Waals surface area contributed by atoms with E-state index in [4.69, 9.17) is 4.18 Å². The smallest absolute Gasteiger partial charge is 0.297 e. The molecule has 26 heavy (non-hydrogen) atoms. The highest BCUT2D eigenvalue weighted by atomic mass is 32.2. The quantitative estimate of drug-likeness (QED) is 0.766. The molecule has 2 aromatic carbocycles. The highest BCUT2D eigenvalue weighted by molar-refractivity contribution is 7.86. The Morgan fingerprint density at radius 2 is 1.88 bits per heavy atom. The Hall–Kier alpha value is -1.99. The molecule has 0 spiro atoms. The molecule has 2 aliphatic heterocycles. The number of anilines is 1. The fourth-order valence-corrected chi connectivity index (χ4v) is 4.93. The molecule has 2 unspecified atom stereocenters. The van der Waals surface area contributed by atoms with E-state index in [2.05, 4.69) is 0 Å². The van der Waals surface area contributed by atoms with Crippen LogP contribution in [-0.4, -0.2) is 27.6 Å². The summed E-state index contributed by atoms with van der Waals surface area (Å²) in [6, 6.07) is 7.61. The molecule has 138 valence electrons. The summed E-state index contributed by atoms with van der Waals surface area (Å²) >= 11 is 0. The van der Waals surface area contributed by atoms with Crippen molar-refractivity contribution >= 4 is 15.8 Å². The Labute approximate surface area is 151 Å². The molecule has 2 aliphatic rings. The van der Waals surface area contributed by atoms with Gasteiger partial charge in [0.25, 0.3) is 10.1 Å². The molecular weight excluding hydrogens is 360 g/mol. The van der Waals surface area contributed by atoms with Crippen LogP contribution in [0.25, 0.3) is 0 Å². The van der Waals surface area contributed by atoms with Crippen LogP contribution in [0.4, 0.5) is 14.5 Å². The zero-order valence-electron chi connectivity index (χ0n) is 14.5. The van der Waals surface area contributed by atoms with E-state index in [9.17, 15) is 17.2 Å². The second-order valence-corrected chi connectivity index (χ2v) is 8.55. The molecule has 0 saturated carbocycles. The number of halogens is 2. The topological polar surface area (TPSA) is 46.6 Å². The lowest BCUT2D eigenvalue weighted by Gasteiger charge is -2.37. The van der Waals surface area contributed by atoms with Gasteiger partial charge in [-0.2, -0.15) is 8.42 Å². The van der Waals surface area contributed by atoms with Crippen molar-refractivity contribution in [1.82, 2.24) is 0 Å². The van der Waals surface area contributed by atoms with E-state index >= 15 is 0 Å².